The quantitative estimate of drug-likeness (QED) is 0.589. The van der Waals surface area contributed by atoms with E-state index < -0.39 is 0 Å². The number of nitrogens with two attached hydrogens (primary N) is 1. The molecule has 0 aromatic heterocycles. The minimum atomic E-state index is -0.263. The van der Waals surface area contributed by atoms with Gasteiger partial charge in [0.25, 0.3) is 0 Å². The van der Waals surface area contributed by atoms with Gasteiger partial charge in [-0.05, 0) is 33.0 Å². The first-order valence-corrected chi connectivity index (χ1v) is 5.33. The van der Waals surface area contributed by atoms with E-state index in [4.69, 9.17) is 5.73 Å². The summed E-state index contributed by atoms with van der Waals surface area (Å²) in [6.45, 7) is 6.73. The van der Waals surface area contributed by atoms with Crippen molar-refractivity contribution in [1.29, 1.82) is 0 Å². The summed E-state index contributed by atoms with van der Waals surface area (Å²) < 4.78 is 0. The molecule has 0 saturated carbocycles. The van der Waals surface area contributed by atoms with Crippen molar-refractivity contribution in [2.45, 2.75) is 32.7 Å². The van der Waals surface area contributed by atoms with Gasteiger partial charge in [-0.25, -0.2) is 0 Å². The average Bonchev–Trinajstić information content (AvgIpc) is 2.12. The third kappa shape index (κ3) is 5.94. The highest BCUT2D eigenvalue weighted by atomic mass is 16.1. The molecule has 0 heterocycles. The van der Waals surface area contributed by atoms with Gasteiger partial charge in [-0.3, -0.25) is 4.79 Å². The summed E-state index contributed by atoms with van der Waals surface area (Å²) in [5.74, 6) is -0.263. The maximum atomic E-state index is 11.1. The Morgan fingerprint density at radius 2 is 2.07 bits per heavy atom. The molecule has 84 valence electrons. The van der Waals surface area contributed by atoms with Crippen molar-refractivity contribution < 1.29 is 4.79 Å². The first kappa shape index (κ1) is 13.4. The fourth-order valence-corrected chi connectivity index (χ4v) is 1.36. The topological polar surface area (TPSA) is 58.4 Å². The van der Waals surface area contributed by atoms with Crippen LogP contribution in [0, 0.1) is 0 Å². The Hall–Kier alpha value is -0.610. The average molecular weight is 201 g/mol. The number of nitrogens with zero attached hydrogens (tertiary/aromatic N) is 1. The van der Waals surface area contributed by atoms with Gasteiger partial charge >= 0.3 is 0 Å². The smallest absolute Gasteiger partial charge is 0.235 e. The number of likely N-dealkylation sites (N-methyl/N-ethyl adjacent to an activating group) is 1. The number of primary amides is 1. The Kier molecular flexibility index (Phi) is 7.42. The van der Waals surface area contributed by atoms with Crippen LogP contribution in [0.15, 0.2) is 0 Å². The van der Waals surface area contributed by atoms with Crippen LogP contribution in [-0.4, -0.2) is 43.5 Å². The summed E-state index contributed by atoms with van der Waals surface area (Å²) in [6.07, 6.45) is 2.11. The number of amides is 1. The molecular weight excluding hydrogens is 178 g/mol. The Labute approximate surface area is 86.8 Å². The zero-order valence-corrected chi connectivity index (χ0v) is 9.55. The van der Waals surface area contributed by atoms with Gasteiger partial charge in [0.15, 0.2) is 0 Å². The Bertz CT molecular complexity index is 161. The minimum Gasteiger partial charge on any atom is -0.368 e. The van der Waals surface area contributed by atoms with Crippen molar-refractivity contribution in [2.75, 3.05) is 26.7 Å². The van der Waals surface area contributed by atoms with E-state index in [2.05, 4.69) is 24.1 Å². The standard InChI is InChI=1S/C10H23N3O/c1-4-6-12-9(10(11)14)8-13(3)7-5-2/h9,12H,4-8H2,1-3H3,(H2,11,14). The van der Waals surface area contributed by atoms with E-state index in [0.717, 1.165) is 25.9 Å². The Morgan fingerprint density at radius 3 is 2.50 bits per heavy atom. The molecule has 4 heteroatoms. The Balaban J connectivity index is 3.89. The van der Waals surface area contributed by atoms with Gasteiger partial charge in [0.1, 0.15) is 0 Å². The minimum absolute atomic E-state index is 0.216. The Morgan fingerprint density at radius 1 is 1.43 bits per heavy atom. The largest absolute Gasteiger partial charge is 0.368 e. The third-order valence-electron chi connectivity index (χ3n) is 2.08. The van der Waals surface area contributed by atoms with Gasteiger partial charge in [0.05, 0.1) is 6.04 Å². The lowest BCUT2D eigenvalue weighted by Gasteiger charge is -2.22. The van der Waals surface area contributed by atoms with Crippen molar-refractivity contribution in [2.24, 2.45) is 5.73 Å². The zero-order chi connectivity index (χ0) is 11.0. The van der Waals surface area contributed by atoms with Crippen LogP contribution in [0.4, 0.5) is 0 Å². The van der Waals surface area contributed by atoms with E-state index in [9.17, 15) is 4.79 Å². The van der Waals surface area contributed by atoms with Gasteiger partial charge in [0, 0.05) is 6.54 Å². The highest BCUT2D eigenvalue weighted by Crippen LogP contribution is 1.91. The van der Waals surface area contributed by atoms with Crippen LogP contribution in [0.5, 0.6) is 0 Å². The first-order valence-electron chi connectivity index (χ1n) is 5.33. The van der Waals surface area contributed by atoms with Crippen LogP contribution in [0.3, 0.4) is 0 Å². The molecule has 0 rings (SSSR count). The molecule has 0 aliphatic heterocycles. The summed E-state index contributed by atoms with van der Waals surface area (Å²) >= 11 is 0. The van der Waals surface area contributed by atoms with Crippen LogP contribution < -0.4 is 11.1 Å². The fraction of sp³-hybridized carbons (Fsp3) is 0.900. The molecule has 3 N–H and O–H groups in total. The second-order valence-electron chi connectivity index (χ2n) is 3.67. The number of carbonyl (C=O) groups is 1. The SMILES string of the molecule is CCCNC(CN(C)CCC)C(N)=O. The molecule has 0 fully saturated rings. The van der Waals surface area contributed by atoms with E-state index in [1.165, 1.54) is 0 Å². The highest BCUT2D eigenvalue weighted by molar-refractivity contribution is 5.80. The molecule has 0 aliphatic rings. The monoisotopic (exact) mass is 201 g/mol. The number of rotatable bonds is 8. The maximum Gasteiger partial charge on any atom is 0.235 e. The first-order chi connectivity index (χ1) is 6.61. The molecule has 14 heavy (non-hydrogen) atoms. The van der Waals surface area contributed by atoms with Crippen LogP contribution in [0.1, 0.15) is 26.7 Å². The molecule has 0 bridgehead atoms. The van der Waals surface area contributed by atoms with Crippen molar-refractivity contribution in [3.8, 4) is 0 Å². The zero-order valence-electron chi connectivity index (χ0n) is 9.55. The predicted octanol–water partition coefficient (Wildman–Crippen LogP) is 0.182. The van der Waals surface area contributed by atoms with E-state index in [0.29, 0.717) is 6.54 Å². The molecule has 0 aliphatic carbocycles. The summed E-state index contributed by atoms with van der Waals surface area (Å²) in [4.78, 5) is 13.2. The van der Waals surface area contributed by atoms with Gasteiger partial charge in [0.2, 0.25) is 5.91 Å². The molecule has 0 aromatic carbocycles. The van der Waals surface area contributed by atoms with Crippen molar-refractivity contribution in [3.63, 3.8) is 0 Å². The fourth-order valence-electron chi connectivity index (χ4n) is 1.36. The molecular formula is C10H23N3O. The lowest BCUT2D eigenvalue weighted by molar-refractivity contribution is -0.120. The number of hydrogen-bond acceptors (Lipinski definition) is 3. The van der Waals surface area contributed by atoms with E-state index >= 15 is 0 Å². The van der Waals surface area contributed by atoms with E-state index in [-0.39, 0.29) is 11.9 Å². The highest BCUT2D eigenvalue weighted by Gasteiger charge is 2.15. The predicted molar refractivity (Wildman–Crippen MR) is 59.1 cm³/mol. The van der Waals surface area contributed by atoms with Gasteiger partial charge in [-0.15, -0.1) is 0 Å². The van der Waals surface area contributed by atoms with Crippen molar-refractivity contribution in [3.05, 3.63) is 0 Å². The lowest BCUT2D eigenvalue weighted by atomic mass is 10.2. The number of carbonyl (C=O) groups excluding carboxylic acids is 1. The molecule has 1 atom stereocenters. The van der Waals surface area contributed by atoms with Crippen LogP contribution >= 0.6 is 0 Å². The third-order valence-corrected chi connectivity index (χ3v) is 2.08. The van der Waals surface area contributed by atoms with Gasteiger partial charge in [-0.2, -0.15) is 0 Å². The molecule has 0 radical (unpaired) electrons. The molecule has 4 nitrogen and oxygen atoms in total. The van der Waals surface area contributed by atoms with Crippen LogP contribution in [0.2, 0.25) is 0 Å². The van der Waals surface area contributed by atoms with Crippen molar-refractivity contribution in [1.82, 2.24) is 10.2 Å². The number of hydrogen-bond donors (Lipinski definition) is 2. The summed E-state index contributed by atoms with van der Waals surface area (Å²) in [7, 11) is 2.01. The van der Waals surface area contributed by atoms with E-state index in [1.54, 1.807) is 0 Å². The van der Waals surface area contributed by atoms with Crippen molar-refractivity contribution >= 4 is 5.91 Å². The second kappa shape index (κ2) is 7.76. The maximum absolute atomic E-state index is 11.1. The lowest BCUT2D eigenvalue weighted by Crippen LogP contribution is -2.48. The summed E-state index contributed by atoms with van der Waals surface area (Å²) in [5.41, 5.74) is 5.29. The van der Waals surface area contributed by atoms with Gasteiger partial charge in [-0.1, -0.05) is 13.8 Å². The second-order valence-corrected chi connectivity index (χ2v) is 3.67. The molecule has 0 spiro atoms. The van der Waals surface area contributed by atoms with Gasteiger partial charge < -0.3 is 16.0 Å². The van der Waals surface area contributed by atoms with E-state index in [1.807, 2.05) is 7.05 Å². The summed E-state index contributed by atoms with van der Waals surface area (Å²) in [6, 6.07) is -0.216. The molecule has 0 saturated heterocycles. The number of nitrogens with one attached hydrogen (secondary N) is 1. The normalized spacial score (nSPS) is 13.1. The molecule has 0 aromatic rings. The van der Waals surface area contributed by atoms with Crippen LogP contribution in [-0.2, 0) is 4.79 Å². The molecule has 1 amide bonds. The summed E-state index contributed by atoms with van der Waals surface area (Å²) in [5, 5.41) is 3.14. The van der Waals surface area contributed by atoms with Crippen LogP contribution in [0.25, 0.3) is 0 Å². The molecule has 1 unspecified atom stereocenters.